The van der Waals surface area contributed by atoms with Gasteiger partial charge in [0.05, 0.1) is 13.0 Å². The predicted molar refractivity (Wildman–Crippen MR) is 51.5 cm³/mol. The third-order valence-corrected chi connectivity index (χ3v) is 2.67. The smallest absolute Gasteiger partial charge is 0.308 e. The molecule has 0 N–H and O–H groups in total. The summed E-state index contributed by atoms with van der Waals surface area (Å²) in [4.78, 5) is 14.1. The van der Waals surface area contributed by atoms with E-state index in [-0.39, 0.29) is 17.9 Å². The predicted octanol–water partition coefficient (Wildman–Crippen LogP) is 2.27. The van der Waals surface area contributed by atoms with E-state index in [2.05, 4.69) is 16.9 Å². The van der Waals surface area contributed by atoms with E-state index in [1.54, 1.807) is 0 Å². The Balaban J connectivity index is 2.62. The number of carbonyl (C=O) groups excluding carboxylic acids is 1. The van der Waals surface area contributed by atoms with Crippen LogP contribution in [0, 0.1) is 11.8 Å². The normalized spacial score (nSPS) is 31.7. The molecule has 0 aliphatic heterocycles. The van der Waals surface area contributed by atoms with Crippen molar-refractivity contribution in [3.63, 3.8) is 0 Å². The molecular formula is C9H15N3O2. The molecule has 78 valence electrons. The molecule has 3 atom stereocenters. The second-order valence-electron chi connectivity index (χ2n) is 3.89. The third-order valence-electron chi connectivity index (χ3n) is 2.67. The monoisotopic (exact) mass is 197 g/mol. The summed E-state index contributed by atoms with van der Waals surface area (Å²) in [5.41, 5.74) is 8.33. The number of carbonyl (C=O) groups is 1. The number of esters is 1. The molecule has 1 fully saturated rings. The van der Waals surface area contributed by atoms with Crippen LogP contribution in [0.4, 0.5) is 0 Å². The lowest BCUT2D eigenvalue weighted by molar-refractivity contribution is -0.147. The van der Waals surface area contributed by atoms with Crippen LogP contribution in [-0.2, 0) is 9.53 Å². The third kappa shape index (κ3) is 2.64. The van der Waals surface area contributed by atoms with Crippen molar-refractivity contribution in [2.24, 2.45) is 17.0 Å². The van der Waals surface area contributed by atoms with Gasteiger partial charge in [0.2, 0.25) is 0 Å². The van der Waals surface area contributed by atoms with E-state index >= 15 is 0 Å². The van der Waals surface area contributed by atoms with Crippen molar-refractivity contribution in [1.82, 2.24) is 0 Å². The largest absolute Gasteiger partial charge is 0.469 e. The maximum absolute atomic E-state index is 11.3. The van der Waals surface area contributed by atoms with E-state index < -0.39 is 0 Å². The summed E-state index contributed by atoms with van der Waals surface area (Å²) in [5, 5.41) is 3.67. The van der Waals surface area contributed by atoms with Gasteiger partial charge in [0.15, 0.2) is 0 Å². The molecule has 0 amide bonds. The van der Waals surface area contributed by atoms with Gasteiger partial charge in [-0.25, -0.2) is 0 Å². The Bertz CT molecular complexity index is 261. The number of rotatable bonds is 2. The van der Waals surface area contributed by atoms with Gasteiger partial charge in [-0.3, -0.25) is 4.79 Å². The molecule has 0 radical (unpaired) electrons. The van der Waals surface area contributed by atoms with Crippen molar-refractivity contribution in [3.05, 3.63) is 10.4 Å². The van der Waals surface area contributed by atoms with Crippen LogP contribution in [0.1, 0.15) is 26.2 Å². The number of hydrogen-bond acceptors (Lipinski definition) is 3. The first-order valence-electron chi connectivity index (χ1n) is 4.79. The number of ether oxygens (including phenoxy) is 1. The first-order chi connectivity index (χ1) is 6.67. The Morgan fingerprint density at radius 2 is 2.21 bits per heavy atom. The van der Waals surface area contributed by atoms with Gasteiger partial charge in [-0.15, -0.1) is 0 Å². The molecule has 1 aliphatic carbocycles. The summed E-state index contributed by atoms with van der Waals surface area (Å²) in [7, 11) is 1.39. The quantitative estimate of drug-likeness (QED) is 0.295. The Labute approximate surface area is 83.1 Å². The summed E-state index contributed by atoms with van der Waals surface area (Å²) >= 11 is 0. The van der Waals surface area contributed by atoms with Crippen LogP contribution in [0.15, 0.2) is 5.11 Å². The fourth-order valence-corrected chi connectivity index (χ4v) is 2.09. The molecule has 5 nitrogen and oxygen atoms in total. The second kappa shape index (κ2) is 4.86. The minimum Gasteiger partial charge on any atom is -0.469 e. The number of nitrogens with zero attached hydrogens (tertiary/aromatic N) is 3. The topological polar surface area (TPSA) is 75.1 Å². The molecule has 0 saturated heterocycles. The summed E-state index contributed by atoms with van der Waals surface area (Å²) in [6, 6.07) is -0.0483. The van der Waals surface area contributed by atoms with Gasteiger partial charge < -0.3 is 4.74 Å². The fraction of sp³-hybridized carbons (Fsp3) is 0.889. The molecule has 1 unspecified atom stereocenters. The van der Waals surface area contributed by atoms with Gasteiger partial charge in [-0.05, 0) is 30.7 Å². The van der Waals surface area contributed by atoms with Gasteiger partial charge >= 0.3 is 5.97 Å². The molecule has 1 saturated carbocycles. The zero-order chi connectivity index (χ0) is 10.6. The molecule has 14 heavy (non-hydrogen) atoms. The first kappa shape index (κ1) is 10.9. The molecule has 0 aromatic heterocycles. The van der Waals surface area contributed by atoms with Gasteiger partial charge in [-0.1, -0.05) is 12.0 Å². The van der Waals surface area contributed by atoms with Crippen molar-refractivity contribution in [1.29, 1.82) is 0 Å². The number of hydrogen-bond donors (Lipinski definition) is 0. The molecule has 0 spiro atoms. The van der Waals surface area contributed by atoms with E-state index in [0.29, 0.717) is 12.3 Å². The van der Waals surface area contributed by atoms with Crippen molar-refractivity contribution in [3.8, 4) is 0 Å². The second-order valence-corrected chi connectivity index (χ2v) is 3.89. The lowest BCUT2D eigenvalue weighted by atomic mass is 9.80. The number of azide groups is 1. The maximum atomic E-state index is 11.3. The van der Waals surface area contributed by atoms with Gasteiger partial charge in [0.1, 0.15) is 0 Å². The summed E-state index contributed by atoms with van der Waals surface area (Å²) in [6.07, 6.45) is 2.34. The van der Waals surface area contributed by atoms with Gasteiger partial charge in [-0.2, -0.15) is 0 Å². The molecule has 0 aromatic carbocycles. The zero-order valence-corrected chi connectivity index (χ0v) is 8.51. The highest BCUT2D eigenvalue weighted by molar-refractivity contribution is 5.72. The molecular weight excluding hydrogens is 182 g/mol. The Kier molecular flexibility index (Phi) is 3.77. The van der Waals surface area contributed by atoms with E-state index in [0.717, 1.165) is 12.8 Å². The van der Waals surface area contributed by atoms with E-state index in [9.17, 15) is 4.79 Å². The lowest BCUT2D eigenvalue weighted by Crippen LogP contribution is -2.29. The Morgan fingerprint density at radius 3 is 2.79 bits per heavy atom. The summed E-state index contributed by atoms with van der Waals surface area (Å²) < 4.78 is 4.69. The SMILES string of the molecule is COC(=O)[C@H]1CC(N=[N+]=[N-])C[C@@H](C)C1. The Hall–Kier alpha value is -1.22. The van der Waals surface area contributed by atoms with Crippen LogP contribution in [0.5, 0.6) is 0 Å². The van der Waals surface area contributed by atoms with E-state index in [1.165, 1.54) is 7.11 Å². The first-order valence-corrected chi connectivity index (χ1v) is 4.79. The highest BCUT2D eigenvalue weighted by Crippen LogP contribution is 2.31. The van der Waals surface area contributed by atoms with Gasteiger partial charge in [0.25, 0.3) is 0 Å². The van der Waals surface area contributed by atoms with Crippen LogP contribution in [0.2, 0.25) is 0 Å². The number of methoxy groups -OCH3 is 1. The molecule has 5 heteroatoms. The standard InChI is InChI=1S/C9H15N3O2/c1-6-3-7(9(13)14-2)5-8(4-6)11-12-10/h6-8H,3-5H2,1-2H3/t6-,7+,8?/m0/s1. The Morgan fingerprint density at radius 1 is 1.50 bits per heavy atom. The summed E-state index contributed by atoms with van der Waals surface area (Å²) in [5.74, 6) is 0.136. The fourth-order valence-electron chi connectivity index (χ4n) is 2.09. The summed E-state index contributed by atoms with van der Waals surface area (Å²) in [6.45, 7) is 2.06. The van der Waals surface area contributed by atoms with Crippen LogP contribution < -0.4 is 0 Å². The zero-order valence-electron chi connectivity index (χ0n) is 8.51. The van der Waals surface area contributed by atoms with Crippen molar-refractivity contribution in [2.75, 3.05) is 7.11 Å². The highest BCUT2D eigenvalue weighted by atomic mass is 16.5. The lowest BCUT2D eigenvalue weighted by Gasteiger charge is -2.28. The molecule has 0 aromatic rings. The van der Waals surface area contributed by atoms with Crippen LogP contribution in [-0.4, -0.2) is 19.1 Å². The average Bonchev–Trinajstić information content (AvgIpc) is 2.16. The van der Waals surface area contributed by atoms with E-state index in [4.69, 9.17) is 10.3 Å². The molecule has 0 bridgehead atoms. The highest BCUT2D eigenvalue weighted by Gasteiger charge is 2.30. The van der Waals surface area contributed by atoms with Gasteiger partial charge in [0, 0.05) is 11.0 Å². The molecule has 1 aliphatic rings. The van der Waals surface area contributed by atoms with Crippen LogP contribution in [0.25, 0.3) is 10.4 Å². The van der Waals surface area contributed by atoms with Crippen molar-refractivity contribution < 1.29 is 9.53 Å². The minimum absolute atomic E-state index is 0.0483. The average molecular weight is 197 g/mol. The minimum atomic E-state index is -0.185. The van der Waals surface area contributed by atoms with Crippen molar-refractivity contribution in [2.45, 2.75) is 32.2 Å². The van der Waals surface area contributed by atoms with E-state index in [1.807, 2.05) is 0 Å². The van der Waals surface area contributed by atoms with Crippen molar-refractivity contribution >= 4 is 5.97 Å². The van der Waals surface area contributed by atoms with Crippen LogP contribution in [0.3, 0.4) is 0 Å². The molecule has 0 heterocycles. The maximum Gasteiger partial charge on any atom is 0.308 e. The molecule has 1 rings (SSSR count). The van der Waals surface area contributed by atoms with Crippen LogP contribution >= 0.6 is 0 Å².